The molecule has 9 nitrogen and oxygen atoms in total. The summed E-state index contributed by atoms with van der Waals surface area (Å²) in [7, 11) is 0. The van der Waals surface area contributed by atoms with Crippen LogP contribution in [-0.2, 0) is 13.1 Å². The van der Waals surface area contributed by atoms with E-state index in [9.17, 15) is 14.9 Å². The average Bonchev–Trinajstić information content (AvgIpc) is 3.45. The van der Waals surface area contributed by atoms with Crippen molar-refractivity contribution < 1.29 is 9.72 Å². The Morgan fingerprint density at radius 3 is 2.71 bits per heavy atom. The number of nitrogens with one attached hydrogen (secondary N) is 1. The van der Waals surface area contributed by atoms with Crippen LogP contribution in [0.4, 0.5) is 11.5 Å². The van der Waals surface area contributed by atoms with E-state index in [1.54, 1.807) is 34.7 Å². The molecule has 0 fully saturated rings. The molecule has 0 unspecified atom stereocenters. The van der Waals surface area contributed by atoms with Gasteiger partial charge in [0.25, 0.3) is 5.91 Å². The Balaban J connectivity index is 1.38. The highest BCUT2D eigenvalue weighted by Gasteiger charge is 2.17. The molecule has 3 heterocycles. The maximum atomic E-state index is 12.6. The summed E-state index contributed by atoms with van der Waals surface area (Å²) in [5, 5.41) is 24.5. The van der Waals surface area contributed by atoms with Gasteiger partial charge >= 0.3 is 5.82 Å². The van der Waals surface area contributed by atoms with Crippen LogP contribution in [0.1, 0.15) is 26.5 Å². The number of nitrogens with zero attached hydrogens (tertiary/aromatic N) is 5. The average molecular weight is 457 g/mol. The Kier molecular flexibility index (Phi) is 5.83. The van der Waals surface area contributed by atoms with E-state index < -0.39 is 4.92 Å². The molecule has 1 N–H and O–H groups in total. The van der Waals surface area contributed by atoms with Gasteiger partial charge in [0.05, 0.1) is 46.7 Å². The number of carbonyl (C=O) groups is 1. The normalized spacial score (nSPS) is 10.9. The number of benzene rings is 1. The summed E-state index contributed by atoms with van der Waals surface area (Å²) in [6.45, 7) is 2.66. The van der Waals surface area contributed by atoms with Gasteiger partial charge in [-0.05, 0) is 46.6 Å². The summed E-state index contributed by atoms with van der Waals surface area (Å²) < 4.78 is 3.27. The van der Waals surface area contributed by atoms with Crippen molar-refractivity contribution in [3.05, 3.63) is 91.0 Å². The third-order valence-corrected chi connectivity index (χ3v) is 5.74. The number of aryl methyl sites for hydroxylation is 1. The molecule has 11 heteroatoms. The zero-order valence-electron chi connectivity index (χ0n) is 16.4. The van der Waals surface area contributed by atoms with Gasteiger partial charge in [-0.2, -0.15) is 9.78 Å². The molecule has 1 aromatic carbocycles. The van der Waals surface area contributed by atoms with Gasteiger partial charge in [0.2, 0.25) is 0 Å². The highest BCUT2D eigenvalue weighted by molar-refractivity contribution is 7.12. The van der Waals surface area contributed by atoms with Crippen LogP contribution in [-0.4, -0.2) is 30.4 Å². The molecule has 158 valence electrons. The van der Waals surface area contributed by atoms with Crippen molar-refractivity contribution in [2.75, 3.05) is 5.32 Å². The van der Waals surface area contributed by atoms with Crippen LogP contribution < -0.4 is 5.32 Å². The molecule has 0 radical (unpaired) electrons. The number of halogens is 1. The van der Waals surface area contributed by atoms with Crippen molar-refractivity contribution in [1.29, 1.82) is 0 Å². The van der Waals surface area contributed by atoms with Crippen LogP contribution >= 0.6 is 22.9 Å². The lowest BCUT2D eigenvalue weighted by Gasteiger charge is -2.02. The van der Waals surface area contributed by atoms with Crippen LogP contribution in [0.5, 0.6) is 0 Å². The molecule has 0 atom stereocenters. The van der Waals surface area contributed by atoms with Crippen LogP contribution in [0.2, 0.25) is 5.02 Å². The minimum Gasteiger partial charge on any atom is -0.358 e. The monoisotopic (exact) mass is 456 g/mol. The van der Waals surface area contributed by atoms with Crippen LogP contribution in [0, 0.1) is 17.0 Å². The van der Waals surface area contributed by atoms with Crippen molar-refractivity contribution >= 4 is 40.4 Å². The van der Waals surface area contributed by atoms with E-state index in [0.29, 0.717) is 34.4 Å². The van der Waals surface area contributed by atoms with Gasteiger partial charge in [-0.25, -0.2) is 0 Å². The highest BCUT2D eigenvalue weighted by atomic mass is 35.5. The Labute approximate surface area is 186 Å². The van der Waals surface area contributed by atoms with Crippen LogP contribution in [0.15, 0.2) is 54.2 Å². The summed E-state index contributed by atoms with van der Waals surface area (Å²) in [4.78, 5) is 23.5. The largest absolute Gasteiger partial charge is 0.390 e. The lowest BCUT2D eigenvalue weighted by Crippen LogP contribution is -2.10. The molecule has 4 aromatic rings. The minimum absolute atomic E-state index is 0.193. The van der Waals surface area contributed by atoms with Gasteiger partial charge in [-0.1, -0.05) is 23.7 Å². The molecular formula is C20H17ClN6O3S. The fourth-order valence-electron chi connectivity index (χ4n) is 2.98. The Hall–Kier alpha value is -3.50. The van der Waals surface area contributed by atoms with Crippen molar-refractivity contribution in [2.24, 2.45) is 0 Å². The predicted octanol–water partition coefficient (Wildman–Crippen LogP) is 4.36. The summed E-state index contributed by atoms with van der Waals surface area (Å²) >= 11 is 7.20. The standard InChI is InChI=1S/C20H17ClN6O3S/c1-13-6-19(27(29)30)24-26(13)10-15-7-18(31-12-15)20(28)23-17-8-22-25(11-17)9-14-2-4-16(21)5-3-14/h2-8,11-12H,9-10H2,1H3,(H,23,28). The van der Waals surface area contributed by atoms with Crippen molar-refractivity contribution in [3.8, 4) is 0 Å². The molecule has 0 aliphatic heterocycles. The van der Waals surface area contributed by atoms with Gasteiger partial charge < -0.3 is 15.4 Å². The van der Waals surface area contributed by atoms with Crippen LogP contribution in [0.3, 0.4) is 0 Å². The molecule has 0 saturated carbocycles. The second-order valence-electron chi connectivity index (χ2n) is 6.89. The van der Waals surface area contributed by atoms with Crippen molar-refractivity contribution in [3.63, 3.8) is 0 Å². The second kappa shape index (κ2) is 8.70. The quantitative estimate of drug-likeness (QED) is 0.328. The van der Waals surface area contributed by atoms with E-state index >= 15 is 0 Å². The molecule has 1 amide bonds. The first-order valence-corrected chi connectivity index (χ1v) is 10.5. The van der Waals surface area contributed by atoms with Crippen molar-refractivity contribution in [1.82, 2.24) is 19.6 Å². The lowest BCUT2D eigenvalue weighted by atomic mass is 10.2. The molecule has 0 bridgehead atoms. The minimum atomic E-state index is -0.525. The van der Waals surface area contributed by atoms with Gasteiger partial charge in [0, 0.05) is 11.2 Å². The lowest BCUT2D eigenvalue weighted by molar-refractivity contribution is -0.389. The number of rotatable bonds is 7. The Morgan fingerprint density at radius 2 is 2.00 bits per heavy atom. The molecule has 0 aliphatic rings. The molecule has 31 heavy (non-hydrogen) atoms. The number of hydrogen-bond donors (Lipinski definition) is 1. The van der Waals surface area contributed by atoms with E-state index in [0.717, 1.165) is 11.1 Å². The van der Waals surface area contributed by atoms with E-state index in [-0.39, 0.29) is 11.7 Å². The second-order valence-corrected chi connectivity index (χ2v) is 8.23. The van der Waals surface area contributed by atoms with Gasteiger partial charge in [0.1, 0.15) is 0 Å². The Morgan fingerprint density at radius 1 is 1.23 bits per heavy atom. The molecule has 4 rings (SSSR count). The summed E-state index contributed by atoms with van der Waals surface area (Å²) in [6, 6.07) is 10.7. The predicted molar refractivity (Wildman–Crippen MR) is 118 cm³/mol. The summed E-state index contributed by atoms with van der Waals surface area (Å²) in [6.07, 6.45) is 3.35. The molecule has 0 saturated heterocycles. The van der Waals surface area contributed by atoms with E-state index in [1.165, 1.54) is 17.4 Å². The highest BCUT2D eigenvalue weighted by Crippen LogP contribution is 2.20. The number of aromatic nitrogens is 4. The van der Waals surface area contributed by atoms with Gasteiger partial charge in [-0.15, -0.1) is 11.3 Å². The number of thiophene rings is 1. The maximum absolute atomic E-state index is 12.6. The van der Waals surface area contributed by atoms with E-state index in [1.807, 2.05) is 29.6 Å². The maximum Gasteiger partial charge on any atom is 0.390 e. The zero-order valence-corrected chi connectivity index (χ0v) is 17.9. The first-order chi connectivity index (χ1) is 14.9. The van der Waals surface area contributed by atoms with Gasteiger partial charge in [-0.3, -0.25) is 9.48 Å². The van der Waals surface area contributed by atoms with Crippen molar-refractivity contribution in [2.45, 2.75) is 20.0 Å². The topological polar surface area (TPSA) is 108 Å². The number of amides is 1. The molecule has 0 spiro atoms. The summed E-state index contributed by atoms with van der Waals surface area (Å²) in [5.41, 5.74) is 3.15. The third kappa shape index (κ3) is 4.98. The van der Waals surface area contributed by atoms with E-state index in [4.69, 9.17) is 11.6 Å². The molecule has 3 aromatic heterocycles. The number of hydrogen-bond acceptors (Lipinski definition) is 6. The zero-order chi connectivity index (χ0) is 22.0. The number of nitro groups is 1. The van der Waals surface area contributed by atoms with Gasteiger partial charge in [0.15, 0.2) is 0 Å². The smallest absolute Gasteiger partial charge is 0.358 e. The number of carbonyl (C=O) groups excluding carboxylic acids is 1. The third-order valence-electron chi connectivity index (χ3n) is 4.51. The first kappa shape index (κ1) is 20.8. The Bertz CT molecular complexity index is 1240. The molecule has 0 aliphatic carbocycles. The molecular weight excluding hydrogens is 440 g/mol. The SMILES string of the molecule is Cc1cc([N+](=O)[O-])nn1Cc1csc(C(=O)Nc2cnn(Cc3ccc(Cl)cc3)c2)c1. The number of anilines is 1. The fourth-order valence-corrected chi connectivity index (χ4v) is 3.90. The summed E-state index contributed by atoms with van der Waals surface area (Å²) in [5.74, 6) is -0.438. The van der Waals surface area contributed by atoms with Crippen LogP contribution in [0.25, 0.3) is 0 Å². The fraction of sp³-hybridized carbons (Fsp3) is 0.150. The van der Waals surface area contributed by atoms with E-state index in [2.05, 4.69) is 15.5 Å². The first-order valence-electron chi connectivity index (χ1n) is 9.22.